The molecule has 1 saturated heterocycles. The first-order valence-electron chi connectivity index (χ1n) is 10.1. The number of fused-ring (bicyclic) bond motifs is 1. The van der Waals surface area contributed by atoms with Gasteiger partial charge < -0.3 is 14.2 Å². The van der Waals surface area contributed by atoms with Crippen molar-refractivity contribution < 1.29 is 17.6 Å². The minimum Gasteiger partial charge on any atom is -0.451 e. The summed E-state index contributed by atoms with van der Waals surface area (Å²) in [5, 5.41) is 0.672. The molecule has 32 heavy (non-hydrogen) atoms. The molecule has 1 atom stereocenters. The molecular weight excluding hydrogens is 452 g/mol. The molecule has 7 nitrogen and oxygen atoms in total. The molecule has 1 fully saturated rings. The Morgan fingerprint density at radius 2 is 1.84 bits per heavy atom. The van der Waals surface area contributed by atoms with Crippen LogP contribution in [0, 0.1) is 0 Å². The number of hydrogen-bond donors (Lipinski definition) is 0. The van der Waals surface area contributed by atoms with E-state index in [2.05, 4.69) is 0 Å². The fourth-order valence-corrected chi connectivity index (χ4v) is 5.76. The van der Waals surface area contributed by atoms with E-state index >= 15 is 0 Å². The van der Waals surface area contributed by atoms with Gasteiger partial charge in [0.05, 0.1) is 16.9 Å². The van der Waals surface area contributed by atoms with Crippen LogP contribution >= 0.6 is 11.6 Å². The van der Waals surface area contributed by atoms with E-state index in [1.54, 1.807) is 12.1 Å². The molecule has 0 aliphatic carbocycles. The van der Waals surface area contributed by atoms with Gasteiger partial charge in [-0.25, -0.2) is 8.42 Å². The Morgan fingerprint density at radius 3 is 2.47 bits per heavy atom. The number of benzene rings is 2. The fourth-order valence-electron chi connectivity index (χ4n) is 3.86. The van der Waals surface area contributed by atoms with Gasteiger partial charge >= 0.3 is 0 Å². The molecule has 0 N–H and O–H groups in total. The summed E-state index contributed by atoms with van der Waals surface area (Å²) < 4.78 is 30.0. The van der Waals surface area contributed by atoms with E-state index in [4.69, 9.17) is 16.0 Å². The maximum absolute atomic E-state index is 13.4. The number of halogens is 1. The van der Waals surface area contributed by atoms with Crippen LogP contribution in [0.5, 0.6) is 0 Å². The highest BCUT2D eigenvalue weighted by Crippen LogP contribution is 2.25. The third-order valence-electron chi connectivity index (χ3n) is 5.62. The number of carbonyl (C=O) groups is 1. The molecule has 0 bridgehead atoms. The number of hydrogen-bond acceptors (Lipinski definition) is 6. The van der Waals surface area contributed by atoms with E-state index in [9.17, 15) is 18.0 Å². The number of anilines is 1. The van der Waals surface area contributed by atoms with Crippen LogP contribution in [0.1, 0.15) is 22.5 Å². The van der Waals surface area contributed by atoms with Crippen molar-refractivity contribution in [3.05, 3.63) is 75.1 Å². The lowest BCUT2D eigenvalue weighted by Crippen LogP contribution is -2.40. The quantitative estimate of drug-likeness (QED) is 0.563. The van der Waals surface area contributed by atoms with E-state index < -0.39 is 21.8 Å². The molecule has 1 aliphatic rings. The Bertz CT molecular complexity index is 1330. The molecule has 2 heterocycles. The van der Waals surface area contributed by atoms with Crippen molar-refractivity contribution in [1.29, 1.82) is 0 Å². The molecule has 2 aromatic carbocycles. The molecule has 9 heteroatoms. The summed E-state index contributed by atoms with van der Waals surface area (Å²) in [6.07, 6.45) is 0.345. The zero-order valence-electron chi connectivity index (χ0n) is 17.7. The van der Waals surface area contributed by atoms with Crippen LogP contribution < -0.4 is 10.3 Å². The summed E-state index contributed by atoms with van der Waals surface area (Å²) in [4.78, 5) is 29.5. The zero-order chi connectivity index (χ0) is 23.0. The molecule has 0 radical (unpaired) electrons. The van der Waals surface area contributed by atoms with Gasteiger partial charge in [-0.15, -0.1) is 0 Å². The fraction of sp³-hybridized carbons (Fsp3) is 0.304. The van der Waals surface area contributed by atoms with E-state index in [0.717, 1.165) is 17.3 Å². The Hall–Kier alpha value is -2.84. The molecule has 0 unspecified atom stereocenters. The van der Waals surface area contributed by atoms with Gasteiger partial charge in [-0.05, 0) is 42.3 Å². The van der Waals surface area contributed by atoms with Crippen molar-refractivity contribution in [2.75, 3.05) is 30.5 Å². The van der Waals surface area contributed by atoms with Gasteiger partial charge in [0.1, 0.15) is 5.58 Å². The maximum Gasteiger partial charge on any atom is 0.290 e. The summed E-state index contributed by atoms with van der Waals surface area (Å²) in [5.74, 6) is -0.722. The summed E-state index contributed by atoms with van der Waals surface area (Å²) in [6.45, 7) is 0.203. The van der Waals surface area contributed by atoms with Crippen molar-refractivity contribution in [3.63, 3.8) is 0 Å². The zero-order valence-corrected chi connectivity index (χ0v) is 19.3. The van der Waals surface area contributed by atoms with Crippen LogP contribution in [0.4, 0.5) is 5.69 Å². The normalized spacial score (nSPS) is 17.4. The smallest absolute Gasteiger partial charge is 0.290 e. The molecule has 0 saturated carbocycles. The van der Waals surface area contributed by atoms with Crippen LogP contribution in [-0.4, -0.2) is 50.9 Å². The van der Waals surface area contributed by atoms with E-state index in [1.807, 2.05) is 43.3 Å². The van der Waals surface area contributed by atoms with Crippen molar-refractivity contribution in [3.8, 4) is 0 Å². The van der Waals surface area contributed by atoms with Crippen LogP contribution in [0.25, 0.3) is 11.0 Å². The molecule has 1 aromatic heterocycles. The topological polar surface area (TPSA) is 87.9 Å². The second-order valence-corrected chi connectivity index (χ2v) is 10.8. The number of carbonyl (C=O) groups excluding carboxylic acids is 1. The van der Waals surface area contributed by atoms with Gasteiger partial charge in [0.25, 0.3) is 5.91 Å². The third kappa shape index (κ3) is 4.66. The van der Waals surface area contributed by atoms with Crippen LogP contribution in [0.3, 0.4) is 0 Å². The number of amides is 1. The average Bonchev–Trinajstić information content (AvgIpc) is 3.11. The first-order chi connectivity index (χ1) is 15.1. The van der Waals surface area contributed by atoms with Crippen molar-refractivity contribution in [2.45, 2.75) is 19.0 Å². The number of nitrogens with zero attached hydrogens (tertiary/aromatic N) is 2. The number of sulfone groups is 1. The number of rotatable bonds is 5. The molecule has 1 aliphatic heterocycles. The molecule has 3 aromatic rings. The minimum absolute atomic E-state index is 0.0290. The highest BCUT2D eigenvalue weighted by Gasteiger charge is 2.36. The van der Waals surface area contributed by atoms with E-state index in [1.165, 1.54) is 11.0 Å². The highest BCUT2D eigenvalue weighted by atomic mass is 35.5. The molecule has 1 amide bonds. The van der Waals surface area contributed by atoms with Gasteiger partial charge in [0.15, 0.2) is 21.0 Å². The SMILES string of the molecule is CN(C)c1ccc(CN(C(=O)c2cc(=O)c3cc(Cl)ccc3o2)[C@@H]2CCS(=O)(=O)C2)cc1. The van der Waals surface area contributed by atoms with E-state index in [0.29, 0.717) is 11.4 Å². The van der Waals surface area contributed by atoms with Crippen molar-refractivity contribution in [2.24, 2.45) is 0 Å². The standard InChI is InChI=1S/C23H23ClN2O5S/c1-25(2)17-6-3-15(4-7-17)13-26(18-9-10-32(29,30)14-18)23(28)22-12-20(27)19-11-16(24)5-8-21(19)31-22/h3-8,11-12,18H,9-10,13-14H2,1-2H3/t18-/m1/s1. The first kappa shape index (κ1) is 22.4. The van der Waals surface area contributed by atoms with Gasteiger partial charge in [0.2, 0.25) is 0 Å². The summed E-state index contributed by atoms with van der Waals surface area (Å²) >= 11 is 5.96. The molecule has 4 rings (SSSR count). The lowest BCUT2D eigenvalue weighted by atomic mass is 10.1. The minimum atomic E-state index is -3.22. The van der Waals surface area contributed by atoms with Gasteiger partial charge in [-0.3, -0.25) is 9.59 Å². The lowest BCUT2D eigenvalue weighted by molar-refractivity contribution is 0.0648. The summed E-state index contributed by atoms with van der Waals surface area (Å²) in [7, 11) is 0.646. The average molecular weight is 475 g/mol. The van der Waals surface area contributed by atoms with Crippen molar-refractivity contribution >= 4 is 44.0 Å². The summed E-state index contributed by atoms with van der Waals surface area (Å²) in [6, 6.07) is 12.9. The summed E-state index contributed by atoms with van der Waals surface area (Å²) in [5.41, 5.74) is 1.73. The first-order valence-corrected chi connectivity index (χ1v) is 12.3. The Labute approximate surface area is 191 Å². The predicted molar refractivity (Wildman–Crippen MR) is 125 cm³/mol. The molecule has 0 spiro atoms. The predicted octanol–water partition coefficient (Wildman–Crippen LogP) is 3.34. The maximum atomic E-state index is 13.4. The van der Waals surface area contributed by atoms with Crippen LogP contribution in [0.2, 0.25) is 5.02 Å². The van der Waals surface area contributed by atoms with Gasteiger partial charge in [-0.2, -0.15) is 0 Å². The van der Waals surface area contributed by atoms with Crippen molar-refractivity contribution in [1.82, 2.24) is 4.90 Å². The van der Waals surface area contributed by atoms with E-state index in [-0.39, 0.29) is 40.2 Å². The Morgan fingerprint density at radius 1 is 1.12 bits per heavy atom. The van der Waals surface area contributed by atoms with Gasteiger partial charge in [-0.1, -0.05) is 23.7 Å². The highest BCUT2D eigenvalue weighted by molar-refractivity contribution is 7.91. The second kappa shape index (κ2) is 8.60. The monoisotopic (exact) mass is 474 g/mol. The van der Waals surface area contributed by atoms with Crippen LogP contribution in [-0.2, 0) is 16.4 Å². The lowest BCUT2D eigenvalue weighted by Gasteiger charge is -2.28. The van der Waals surface area contributed by atoms with Crippen LogP contribution in [0.15, 0.2) is 57.7 Å². The third-order valence-corrected chi connectivity index (χ3v) is 7.60. The molecular formula is C23H23ClN2O5S. The largest absolute Gasteiger partial charge is 0.451 e. The Kier molecular flexibility index (Phi) is 6.01. The second-order valence-electron chi connectivity index (χ2n) is 8.17. The van der Waals surface area contributed by atoms with Gasteiger partial charge in [0, 0.05) is 43.5 Å². The Balaban J connectivity index is 1.70. The molecule has 168 valence electrons.